The van der Waals surface area contributed by atoms with Gasteiger partial charge in [0.15, 0.2) is 0 Å². The molecule has 0 saturated heterocycles. The van der Waals surface area contributed by atoms with Crippen LogP contribution in [0.1, 0.15) is 52.6 Å². The van der Waals surface area contributed by atoms with Crippen LogP contribution in [0.3, 0.4) is 0 Å². The van der Waals surface area contributed by atoms with Crippen LogP contribution in [-0.2, 0) is 4.74 Å². The van der Waals surface area contributed by atoms with Gasteiger partial charge >= 0.3 is 6.09 Å². The van der Waals surface area contributed by atoms with Gasteiger partial charge in [-0.1, -0.05) is 19.1 Å². The zero-order chi connectivity index (χ0) is 17.5. The molecule has 1 rings (SSSR count). The van der Waals surface area contributed by atoms with E-state index in [1.165, 1.54) is 5.56 Å². The minimum Gasteiger partial charge on any atom is -0.497 e. The Balaban J connectivity index is 2.48. The van der Waals surface area contributed by atoms with E-state index < -0.39 is 5.60 Å². The van der Waals surface area contributed by atoms with Gasteiger partial charge in [-0.2, -0.15) is 0 Å². The lowest BCUT2D eigenvalue weighted by Gasteiger charge is -2.24. The third kappa shape index (κ3) is 7.37. The third-order valence-electron chi connectivity index (χ3n) is 3.36. The topological polar surface area (TPSA) is 59.6 Å². The predicted molar refractivity (Wildman–Crippen MR) is 92.9 cm³/mol. The molecule has 0 aliphatic heterocycles. The summed E-state index contributed by atoms with van der Waals surface area (Å²) < 4.78 is 10.4. The standard InChI is InChI=1S/C18H30N2O3/c1-7-16(14-8-10-15(22-6)11-9-14)19-12-13(2)20-17(21)23-18(3,4)5/h8-11,13,16,19H,7,12H2,1-6H3,(H,20,21). The summed E-state index contributed by atoms with van der Waals surface area (Å²) in [6.45, 7) is 10.3. The third-order valence-corrected chi connectivity index (χ3v) is 3.36. The highest BCUT2D eigenvalue weighted by Crippen LogP contribution is 2.20. The highest BCUT2D eigenvalue weighted by molar-refractivity contribution is 5.68. The van der Waals surface area contributed by atoms with E-state index in [4.69, 9.17) is 9.47 Å². The minimum atomic E-state index is -0.480. The molecular formula is C18H30N2O3. The summed E-state index contributed by atoms with van der Waals surface area (Å²) in [5.74, 6) is 0.851. The van der Waals surface area contributed by atoms with Crippen LogP contribution in [-0.4, -0.2) is 31.4 Å². The number of methoxy groups -OCH3 is 1. The lowest BCUT2D eigenvalue weighted by atomic mass is 10.0. The fourth-order valence-electron chi connectivity index (χ4n) is 2.21. The highest BCUT2D eigenvalue weighted by Gasteiger charge is 2.18. The number of nitrogens with one attached hydrogen (secondary N) is 2. The highest BCUT2D eigenvalue weighted by atomic mass is 16.6. The van der Waals surface area contributed by atoms with Crippen LogP contribution < -0.4 is 15.4 Å². The first-order valence-corrected chi connectivity index (χ1v) is 8.12. The number of amides is 1. The van der Waals surface area contributed by atoms with Crippen molar-refractivity contribution in [2.24, 2.45) is 0 Å². The molecule has 5 nitrogen and oxygen atoms in total. The van der Waals surface area contributed by atoms with Gasteiger partial charge in [-0.3, -0.25) is 0 Å². The summed E-state index contributed by atoms with van der Waals surface area (Å²) >= 11 is 0. The lowest BCUT2D eigenvalue weighted by Crippen LogP contribution is -2.43. The quantitative estimate of drug-likeness (QED) is 0.804. The number of benzene rings is 1. The second-order valence-electron chi connectivity index (χ2n) is 6.69. The molecule has 0 heterocycles. The maximum absolute atomic E-state index is 11.7. The van der Waals surface area contributed by atoms with Crippen molar-refractivity contribution in [3.8, 4) is 5.75 Å². The van der Waals surface area contributed by atoms with E-state index in [1.807, 2.05) is 39.8 Å². The van der Waals surface area contributed by atoms with Gasteiger partial charge in [0.2, 0.25) is 0 Å². The zero-order valence-corrected chi connectivity index (χ0v) is 15.1. The molecule has 0 aromatic heterocycles. The number of alkyl carbamates (subject to hydrolysis) is 1. The van der Waals surface area contributed by atoms with Gasteiger partial charge in [0, 0.05) is 18.6 Å². The number of ether oxygens (including phenoxy) is 2. The first kappa shape index (κ1) is 19.3. The van der Waals surface area contributed by atoms with Crippen molar-refractivity contribution in [3.63, 3.8) is 0 Å². The Bertz CT molecular complexity index is 480. The molecule has 0 spiro atoms. The summed E-state index contributed by atoms with van der Waals surface area (Å²) in [6.07, 6.45) is 0.579. The van der Waals surface area contributed by atoms with Crippen molar-refractivity contribution in [1.29, 1.82) is 0 Å². The molecule has 0 saturated carbocycles. The largest absolute Gasteiger partial charge is 0.497 e. The molecular weight excluding hydrogens is 292 g/mol. The van der Waals surface area contributed by atoms with Crippen LogP contribution in [0, 0.1) is 0 Å². The maximum Gasteiger partial charge on any atom is 0.407 e. The molecule has 0 radical (unpaired) electrons. The van der Waals surface area contributed by atoms with Crippen molar-refractivity contribution < 1.29 is 14.3 Å². The van der Waals surface area contributed by atoms with Gasteiger partial charge in [0.05, 0.1) is 7.11 Å². The summed E-state index contributed by atoms with van der Waals surface area (Å²) in [7, 11) is 1.66. The molecule has 130 valence electrons. The fourth-order valence-corrected chi connectivity index (χ4v) is 2.21. The van der Waals surface area contributed by atoms with Crippen LogP contribution >= 0.6 is 0 Å². The second-order valence-corrected chi connectivity index (χ2v) is 6.69. The molecule has 0 aliphatic carbocycles. The predicted octanol–water partition coefficient (Wildman–Crippen LogP) is 3.65. The Morgan fingerprint density at radius 1 is 1.22 bits per heavy atom. The Hall–Kier alpha value is -1.75. The molecule has 2 unspecified atom stereocenters. The van der Waals surface area contributed by atoms with Gasteiger partial charge in [-0.15, -0.1) is 0 Å². The molecule has 1 amide bonds. The van der Waals surface area contributed by atoms with E-state index in [0.29, 0.717) is 6.54 Å². The lowest BCUT2D eigenvalue weighted by molar-refractivity contribution is 0.0507. The molecule has 0 fully saturated rings. The van der Waals surface area contributed by atoms with E-state index in [-0.39, 0.29) is 18.2 Å². The van der Waals surface area contributed by atoms with Crippen molar-refractivity contribution in [1.82, 2.24) is 10.6 Å². The van der Waals surface area contributed by atoms with E-state index in [9.17, 15) is 4.79 Å². The summed E-state index contributed by atoms with van der Waals surface area (Å²) in [5, 5.41) is 6.32. The first-order valence-electron chi connectivity index (χ1n) is 8.12. The van der Waals surface area contributed by atoms with E-state index >= 15 is 0 Å². The van der Waals surface area contributed by atoms with E-state index in [2.05, 4.69) is 29.7 Å². The fraction of sp³-hybridized carbons (Fsp3) is 0.611. The second kappa shape index (κ2) is 8.77. The maximum atomic E-state index is 11.7. The van der Waals surface area contributed by atoms with Crippen molar-refractivity contribution in [2.75, 3.05) is 13.7 Å². The van der Waals surface area contributed by atoms with Crippen molar-refractivity contribution >= 4 is 6.09 Å². The molecule has 0 aliphatic rings. The number of carbonyl (C=O) groups excluding carboxylic acids is 1. The average Bonchev–Trinajstić information content (AvgIpc) is 2.46. The Kier molecular flexibility index (Phi) is 7.36. The van der Waals surface area contributed by atoms with E-state index in [1.54, 1.807) is 7.11 Å². The van der Waals surface area contributed by atoms with Crippen LogP contribution in [0.2, 0.25) is 0 Å². The smallest absolute Gasteiger partial charge is 0.407 e. The summed E-state index contributed by atoms with van der Waals surface area (Å²) in [4.78, 5) is 11.7. The van der Waals surface area contributed by atoms with Crippen molar-refractivity contribution in [2.45, 2.75) is 58.7 Å². The SMILES string of the molecule is CCC(NCC(C)NC(=O)OC(C)(C)C)c1ccc(OC)cc1. The normalized spacial score (nSPS) is 14.0. The van der Waals surface area contributed by atoms with E-state index in [0.717, 1.165) is 12.2 Å². The van der Waals surface area contributed by atoms with Gasteiger partial charge < -0.3 is 20.1 Å². The Morgan fingerprint density at radius 3 is 2.30 bits per heavy atom. The number of hydrogen-bond donors (Lipinski definition) is 2. The molecule has 5 heteroatoms. The number of hydrogen-bond acceptors (Lipinski definition) is 4. The minimum absolute atomic E-state index is 0.0165. The summed E-state index contributed by atoms with van der Waals surface area (Å²) in [6, 6.07) is 8.27. The average molecular weight is 322 g/mol. The molecule has 0 bridgehead atoms. The van der Waals surface area contributed by atoms with Gasteiger partial charge in [0.25, 0.3) is 0 Å². The van der Waals surface area contributed by atoms with Gasteiger partial charge in [0.1, 0.15) is 11.4 Å². The zero-order valence-electron chi connectivity index (χ0n) is 15.1. The van der Waals surface area contributed by atoms with Crippen molar-refractivity contribution in [3.05, 3.63) is 29.8 Å². The Labute approximate surface area is 139 Å². The van der Waals surface area contributed by atoms with Crippen LogP contribution in [0.25, 0.3) is 0 Å². The number of carbonyl (C=O) groups is 1. The van der Waals surface area contributed by atoms with Gasteiger partial charge in [-0.05, 0) is 51.8 Å². The van der Waals surface area contributed by atoms with Crippen LogP contribution in [0.15, 0.2) is 24.3 Å². The molecule has 1 aromatic carbocycles. The monoisotopic (exact) mass is 322 g/mol. The first-order chi connectivity index (χ1) is 10.7. The molecule has 2 N–H and O–H groups in total. The Morgan fingerprint density at radius 2 is 1.83 bits per heavy atom. The van der Waals surface area contributed by atoms with Crippen LogP contribution in [0.5, 0.6) is 5.75 Å². The number of rotatable bonds is 7. The molecule has 23 heavy (non-hydrogen) atoms. The van der Waals surface area contributed by atoms with Crippen LogP contribution in [0.4, 0.5) is 4.79 Å². The molecule has 1 aromatic rings. The molecule has 2 atom stereocenters. The van der Waals surface area contributed by atoms with Gasteiger partial charge in [-0.25, -0.2) is 4.79 Å². The summed E-state index contributed by atoms with van der Waals surface area (Å²) in [5.41, 5.74) is 0.726.